The molecule has 0 spiro atoms. The molecule has 0 aliphatic heterocycles. The maximum Gasteiger partial charge on any atom is 0.333 e. The zero-order valence-corrected chi connectivity index (χ0v) is 12.5. The first-order valence-electron chi connectivity index (χ1n) is 7.40. The second-order valence-corrected chi connectivity index (χ2v) is 5.39. The Morgan fingerprint density at radius 3 is 2.22 bits per heavy atom. The van der Waals surface area contributed by atoms with E-state index in [2.05, 4.69) is 20.4 Å². The fourth-order valence-electron chi connectivity index (χ4n) is 1.87. The average Bonchev–Trinajstić information content (AvgIpc) is 2.34. The third kappa shape index (κ3) is 10.4. The average molecular weight is 254 g/mol. The molecule has 0 aliphatic rings. The first-order chi connectivity index (χ1) is 8.57. The highest BCUT2D eigenvalue weighted by atomic mass is 16.5. The van der Waals surface area contributed by atoms with Gasteiger partial charge in [0, 0.05) is 5.57 Å². The Morgan fingerprint density at radius 1 is 1.11 bits per heavy atom. The van der Waals surface area contributed by atoms with Gasteiger partial charge in [0.25, 0.3) is 0 Å². The van der Waals surface area contributed by atoms with E-state index in [9.17, 15) is 4.79 Å². The van der Waals surface area contributed by atoms with Crippen LogP contribution in [0.4, 0.5) is 0 Å². The van der Waals surface area contributed by atoms with Gasteiger partial charge in [0.15, 0.2) is 0 Å². The SMILES string of the molecule is C=C(C)C(=O)OCC(C)CCCCCCCCC. The molecule has 2 nitrogen and oxygen atoms in total. The molecule has 0 aromatic carbocycles. The number of rotatable bonds is 11. The lowest BCUT2D eigenvalue weighted by Gasteiger charge is -2.11. The highest BCUT2D eigenvalue weighted by Crippen LogP contribution is 2.13. The number of carbonyl (C=O) groups is 1. The van der Waals surface area contributed by atoms with Crippen LogP contribution in [-0.4, -0.2) is 12.6 Å². The monoisotopic (exact) mass is 254 g/mol. The van der Waals surface area contributed by atoms with Crippen LogP contribution in [0.1, 0.15) is 72.1 Å². The second kappa shape index (κ2) is 11.3. The van der Waals surface area contributed by atoms with Gasteiger partial charge in [-0.1, -0.05) is 65.4 Å². The molecule has 0 aromatic rings. The van der Waals surface area contributed by atoms with Gasteiger partial charge in [0.05, 0.1) is 6.61 Å². The molecule has 0 aromatic heterocycles. The third-order valence-corrected chi connectivity index (χ3v) is 3.15. The minimum atomic E-state index is -0.263. The van der Waals surface area contributed by atoms with E-state index in [0.29, 0.717) is 18.1 Å². The van der Waals surface area contributed by atoms with Gasteiger partial charge in [-0.3, -0.25) is 0 Å². The Hall–Kier alpha value is -0.790. The predicted molar refractivity (Wildman–Crippen MR) is 77.5 cm³/mol. The van der Waals surface area contributed by atoms with Crippen LogP contribution in [0.3, 0.4) is 0 Å². The van der Waals surface area contributed by atoms with Gasteiger partial charge in [0.1, 0.15) is 0 Å². The summed E-state index contributed by atoms with van der Waals surface area (Å²) in [7, 11) is 0. The van der Waals surface area contributed by atoms with Crippen molar-refractivity contribution >= 4 is 5.97 Å². The third-order valence-electron chi connectivity index (χ3n) is 3.15. The van der Waals surface area contributed by atoms with Crippen LogP contribution < -0.4 is 0 Å². The molecule has 1 unspecified atom stereocenters. The number of hydrogen-bond donors (Lipinski definition) is 0. The topological polar surface area (TPSA) is 26.3 Å². The molecule has 0 fully saturated rings. The normalized spacial score (nSPS) is 12.2. The van der Waals surface area contributed by atoms with Crippen LogP contribution in [0, 0.1) is 5.92 Å². The minimum absolute atomic E-state index is 0.263. The lowest BCUT2D eigenvalue weighted by molar-refractivity contribution is -0.140. The Labute approximate surface area is 113 Å². The first-order valence-corrected chi connectivity index (χ1v) is 7.40. The molecule has 0 radical (unpaired) electrons. The maximum absolute atomic E-state index is 11.2. The Bertz CT molecular complexity index is 233. The minimum Gasteiger partial charge on any atom is -0.462 e. The quantitative estimate of drug-likeness (QED) is 0.298. The highest BCUT2D eigenvalue weighted by Gasteiger charge is 2.07. The number of esters is 1. The van der Waals surface area contributed by atoms with Crippen molar-refractivity contribution < 1.29 is 9.53 Å². The predicted octanol–water partition coefficient (Wildman–Crippen LogP) is 4.88. The molecular formula is C16H30O2. The summed E-state index contributed by atoms with van der Waals surface area (Å²) in [5.74, 6) is 0.199. The number of hydrogen-bond acceptors (Lipinski definition) is 2. The Morgan fingerprint density at radius 2 is 1.67 bits per heavy atom. The zero-order chi connectivity index (χ0) is 13.8. The Kier molecular flexibility index (Phi) is 10.8. The fourth-order valence-corrected chi connectivity index (χ4v) is 1.87. The molecular weight excluding hydrogens is 224 g/mol. The molecule has 0 bridgehead atoms. The lowest BCUT2D eigenvalue weighted by Crippen LogP contribution is -2.12. The molecule has 18 heavy (non-hydrogen) atoms. The number of unbranched alkanes of at least 4 members (excludes halogenated alkanes) is 6. The molecule has 1 atom stereocenters. The van der Waals surface area contributed by atoms with Crippen LogP contribution in [0.5, 0.6) is 0 Å². The van der Waals surface area contributed by atoms with Crippen molar-refractivity contribution in [2.75, 3.05) is 6.61 Å². The van der Waals surface area contributed by atoms with Crippen molar-refractivity contribution in [2.45, 2.75) is 72.1 Å². The molecule has 106 valence electrons. The summed E-state index contributed by atoms with van der Waals surface area (Å²) in [6, 6.07) is 0. The van der Waals surface area contributed by atoms with E-state index in [1.54, 1.807) is 6.92 Å². The summed E-state index contributed by atoms with van der Waals surface area (Å²) >= 11 is 0. The highest BCUT2D eigenvalue weighted by molar-refractivity contribution is 5.86. The van der Waals surface area contributed by atoms with E-state index < -0.39 is 0 Å². The Balaban J connectivity index is 3.34. The van der Waals surface area contributed by atoms with E-state index in [1.807, 2.05) is 0 Å². The fraction of sp³-hybridized carbons (Fsp3) is 0.812. The molecule has 0 N–H and O–H groups in total. The van der Waals surface area contributed by atoms with E-state index in [-0.39, 0.29) is 5.97 Å². The molecule has 0 heterocycles. The number of ether oxygens (including phenoxy) is 1. The van der Waals surface area contributed by atoms with Gasteiger partial charge in [-0.05, 0) is 19.3 Å². The van der Waals surface area contributed by atoms with Crippen molar-refractivity contribution in [3.63, 3.8) is 0 Å². The van der Waals surface area contributed by atoms with Crippen molar-refractivity contribution in [3.05, 3.63) is 12.2 Å². The van der Waals surface area contributed by atoms with E-state index >= 15 is 0 Å². The largest absolute Gasteiger partial charge is 0.462 e. The van der Waals surface area contributed by atoms with Crippen LogP contribution in [0.2, 0.25) is 0 Å². The molecule has 0 rings (SSSR count). The molecule has 2 heteroatoms. The van der Waals surface area contributed by atoms with Gasteiger partial charge < -0.3 is 4.74 Å². The summed E-state index contributed by atoms with van der Waals surface area (Å²) < 4.78 is 5.14. The van der Waals surface area contributed by atoms with Crippen LogP contribution in [0.15, 0.2) is 12.2 Å². The first kappa shape index (κ1) is 17.2. The van der Waals surface area contributed by atoms with Gasteiger partial charge >= 0.3 is 5.97 Å². The van der Waals surface area contributed by atoms with Gasteiger partial charge in [-0.15, -0.1) is 0 Å². The molecule has 0 amide bonds. The van der Waals surface area contributed by atoms with Gasteiger partial charge in [-0.2, -0.15) is 0 Å². The van der Waals surface area contributed by atoms with Crippen molar-refractivity contribution in [1.82, 2.24) is 0 Å². The van der Waals surface area contributed by atoms with E-state index in [4.69, 9.17) is 4.74 Å². The van der Waals surface area contributed by atoms with Crippen molar-refractivity contribution in [2.24, 2.45) is 5.92 Å². The van der Waals surface area contributed by atoms with Crippen molar-refractivity contribution in [3.8, 4) is 0 Å². The maximum atomic E-state index is 11.2. The summed E-state index contributed by atoms with van der Waals surface area (Å²) in [6.07, 6.45) is 10.5. The molecule has 0 aliphatic carbocycles. The van der Waals surface area contributed by atoms with Crippen LogP contribution in [-0.2, 0) is 9.53 Å². The molecule has 0 saturated carbocycles. The summed E-state index contributed by atoms with van der Waals surface area (Å²) in [5, 5.41) is 0. The lowest BCUT2D eigenvalue weighted by atomic mass is 10.0. The van der Waals surface area contributed by atoms with Crippen LogP contribution >= 0.6 is 0 Å². The smallest absolute Gasteiger partial charge is 0.333 e. The van der Waals surface area contributed by atoms with Gasteiger partial charge in [0.2, 0.25) is 0 Å². The van der Waals surface area contributed by atoms with Crippen LogP contribution in [0.25, 0.3) is 0 Å². The zero-order valence-electron chi connectivity index (χ0n) is 12.5. The second-order valence-electron chi connectivity index (χ2n) is 5.39. The van der Waals surface area contributed by atoms with Gasteiger partial charge in [-0.25, -0.2) is 4.79 Å². The number of carbonyl (C=O) groups excluding carboxylic acids is 1. The summed E-state index contributed by atoms with van der Waals surface area (Å²) in [6.45, 7) is 10.2. The van der Waals surface area contributed by atoms with Crippen molar-refractivity contribution in [1.29, 1.82) is 0 Å². The summed E-state index contributed by atoms with van der Waals surface area (Å²) in [4.78, 5) is 11.2. The van der Waals surface area contributed by atoms with E-state index in [0.717, 1.165) is 6.42 Å². The summed E-state index contributed by atoms with van der Waals surface area (Å²) in [5.41, 5.74) is 0.484. The standard InChI is InChI=1S/C16H30O2/c1-5-6-7-8-9-10-11-12-15(4)13-18-16(17)14(2)3/h15H,2,5-13H2,1,3-4H3. The molecule has 0 saturated heterocycles. The van der Waals surface area contributed by atoms with E-state index in [1.165, 1.54) is 44.9 Å².